The summed E-state index contributed by atoms with van der Waals surface area (Å²) in [6, 6.07) is 12.6. The summed E-state index contributed by atoms with van der Waals surface area (Å²) in [5.41, 5.74) is 1.61. The van der Waals surface area contributed by atoms with E-state index in [1.54, 1.807) is 17.0 Å². The highest BCUT2D eigenvalue weighted by Gasteiger charge is 2.25. The van der Waals surface area contributed by atoms with Crippen LogP contribution in [0.2, 0.25) is 0 Å². The van der Waals surface area contributed by atoms with Gasteiger partial charge in [0, 0.05) is 19.6 Å². The molecule has 1 saturated heterocycles. The number of aryl methyl sites for hydroxylation is 2. The fraction of sp³-hybridized carbons (Fsp3) is 0.458. The van der Waals surface area contributed by atoms with Gasteiger partial charge in [0.2, 0.25) is 10.0 Å². The molecule has 8 heteroatoms. The van der Waals surface area contributed by atoms with Crippen molar-refractivity contribution < 1.29 is 22.7 Å². The van der Waals surface area contributed by atoms with E-state index >= 15 is 0 Å². The number of benzene rings is 2. The number of ether oxygens (including phenoxy) is 2. The van der Waals surface area contributed by atoms with Crippen molar-refractivity contribution in [2.75, 3.05) is 32.8 Å². The molecule has 0 bridgehead atoms. The number of likely N-dealkylation sites (tertiary alicyclic amines) is 1. The summed E-state index contributed by atoms with van der Waals surface area (Å²) in [5.74, 6) is 1.55. The van der Waals surface area contributed by atoms with Crippen LogP contribution in [0, 0.1) is 19.8 Å². The molecule has 7 nitrogen and oxygen atoms in total. The average Bonchev–Trinajstić information content (AvgIpc) is 2.79. The third-order valence-corrected chi connectivity index (χ3v) is 7.07. The van der Waals surface area contributed by atoms with E-state index in [0.29, 0.717) is 32.0 Å². The molecular weight excluding hydrogens is 428 g/mol. The van der Waals surface area contributed by atoms with Crippen LogP contribution in [0.1, 0.15) is 30.9 Å². The van der Waals surface area contributed by atoms with Crippen LogP contribution >= 0.6 is 0 Å². The van der Waals surface area contributed by atoms with Crippen molar-refractivity contribution in [1.82, 2.24) is 9.62 Å². The topological polar surface area (TPSA) is 84.9 Å². The number of hydrogen-bond donors (Lipinski definition) is 1. The van der Waals surface area contributed by atoms with Crippen molar-refractivity contribution in [3.05, 3.63) is 53.6 Å². The molecule has 0 radical (unpaired) electrons. The summed E-state index contributed by atoms with van der Waals surface area (Å²) in [6.45, 7) is 7.71. The van der Waals surface area contributed by atoms with Crippen LogP contribution in [0.5, 0.6) is 11.5 Å². The van der Waals surface area contributed by atoms with Gasteiger partial charge in [-0.1, -0.05) is 18.2 Å². The maximum atomic E-state index is 12.8. The molecule has 1 amide bonds. The first-order valence-electron chi connectivity index (χ1n) is 11.0. The second-order valence-corrected chi connectivity index (χ2v) is 9.86. The quantitative estimate of drug-likeness (QED) is 0.621. The molecular formula is C24H32N2O5S. The number of para-hydroxylation sites is 1. The number of amides is 1. The number of nitrogens with zero attached hydrogens (tertiary/aromatic N) is 1. The minimum absolute atomic E-state index is 0.0117. The van der Waals surface area contributed by atoms with Gasteiger partial charge in [0.15, 0.2) is 6.61 Å². The number of rotatable bonds is 9. The first-order chi connectivity index (χ1) is 15.3. The van der Waals surface area contributed by atoms with E-state index in [4.69, 9.17) is 9.47 Å². The van der Waals surface area contributed by atoms with E-state index in [9.17, 15) is 13.2 Å². The predicted octanol–water partition coefficient (Wildman–Crippen LogP) is 3.30. The summed E-state index contributed by atoms with van der Waals surface area (Å²) in [4.78, 5) is 14.4. The van der Waals surface area contributed by atoms with E-state index in [1.807, 2.05) is 51.1 Å². The lowest BCUT2D eigenvalue weighted by atomic mass is 9.97. The Balaban J connectivity index is 1.48. The number of piperidine rings is 1. The highest BCUT2D eigenvalue weighted by atomic mass is 32.2. The minimum atomic E-state index is -3.61. The van der Waals surface area contributed by atoms with Gasteiger partial charge >= 0.3 is 0 Å². The normalized spacial score (nSPS) is 14.9. The molecule has 0 unspecified atom stereocenters. The molecule has 0 atom stereocenters. The molecule has 1 fully saturated rings. The van der Waals surface area contributed by atoms with Crippen LogP contribution in [0.3, 0.4) is 0 Å². The Morgan fingerprint density at radius 3 is 2.28 bits per heavy atom. The monoisotopic (exact) mass is 460 g/mol. The van der Waals surface area contributed by atoms with Crippen LogP contribution < -0.4 is 14.2 Å². The molecule has 1 N–H and O–H groups in total. The summed E-state index contributed by atoms with van der Waals surface area (Å²) in [6.07, 6.45) is 1.50. The van der Waals surface area contributed by atoms with Gasteiger partial charge in [0.25, 0.3) is 5.91 Å². The Kier molecular flexibility index (Phi) is 8.15. The summed E-state index contributed by atoms with van der Waals surface area (Å²) in [5, 5.41) is 0. The van der Waals surface area contributed by atoms with Crippen molar-refractivity contribution in [2.45, 2.75) is 38.5 Å². The standard InChI is InChI=1S/C24H32N2O5S/c1-4-30-24-18(2)14-22(15-19(24)3)32(28,29)25-16-20-10-12-26(13-11-20)23(27)17-31-21-8-6-5-7-9-21/h5-9,14-15,20,25H,4,10-13,16-17H2,1-3H3. The third kappa shape index (κ3) is 6.23. The van der Waals surface area contributed by atoms with Gasteiger partial charge in [-0.2, -0.15) is 0 Å². The van der Waals surface area contributed by atoms with Gasteiger partial charge in [0.1, 0.15) is 11.5 Å². The highest BCUT2D eigenvalue weighted by molar-refractivity contribution is 7.89. The lowest BCUT2D eigenvalue weighted by molar-refractivity contribution is -0.134. The van der Waals surface area contributed by atoms with Crippen LogP contribution in [0.4, 0.5) is 0 Å². The predicted molar refractivity (Wildman–Crippen MR) is 124 cm³/mol. The SMILES string of the molecule is CCOc1c(C)cc(S(=O)(=O)NCC2CCN(C(=O)COc3ccccc3)CC2)cc1C. The summed E-state index contributed by atoms with van der Waals surface area (Å²) in [7, 11) is -3.61. The molecule has 0 aliphatic carbocycles. The molecule has 174 valence electrons. The van der Waals surface area contributed by atoms with E-state index in [0.717, 1.165) is 29.7 Å². The fourth-order valence-corrected chi connectivity index (χ4v) is 5.17. The van der Waals surface area contributed by atoms with E-state index < -0.39 is 10.0 Å². The first kappa shape index (κ1) is 24.1. The zero-order valence-corrected chi connectivity index (χ0v) is 19.8. The number of carbonyl (C=O) groups is 1. The zero-order chi connectivity index (χ0) is 23.1. The smallest absolute Gasteiger partial charge is 0.260 e. The van der Waals surface area contributed by atoms with Crippen LogP contribution in [0.25, 0.3) is 0 Å². The molecule has 32 heavy (non-hydrogen) atoms. The molecule has 1 heterocycles. The van der Waals surface area contributed by atoms with Gasteiger partial charge in [-0.15, -0.1) is 0 Å². The van der Waals surface area contributed by atoms with Crippen molar-refractivity contribution in [1.29, 1.82) is 0 Å². The lowest BCUT2D eigenvalue weighted by Crippen LogP contribution is -2.43. The van der Waals surface area contributed by atoms with Crippen LogP contribution in [-0.4, -0.2) is 52.1 Å². The van der Waals surface area contributed by atoms with Gasteiger partial charge in [0.05, 0.1) is 11.5 Å². The second-order valence-electron chi connectivity index (χ2n) is 8.10. The lowest BCUT2D eigenvalue weighted by Gasteiger charge is -2.32. The maximum Gasteiger partial charge on any atom is 0.260 e. The molecule has 0 aromatic heterocycles. The van der Waals surface area contributed by atoms with Gasteiger partial charge in [-0.25, -0.2) is 13.1 Å². The molecule has 0 spiro atoms. The van der Waals surface area contributed by atoms with Gasteiger partial charge in [-0.05, 0) is 74.9 Å². The molecule has 2 aromatic rings. The fourth-order valence-electron chi connectivity index (χ4n) is 3.89. The number of carbonyl (C=O) groups excluding carboxylic acids is 1. The second kappa shape index (κ2) is 10.8. The Hall–Kier alpha value is -2.58. The Labute approximate surface area is 190 Å². The molecule has 1 aliphatic rings. The Morgan fingerprint density at radius 2 is 1.69 bits per heavy atom. The van der Waals surface area contributed by atoms with Gasteiger partial charge in [-0.3, -0.25) is 4.79 Å². The van der Waals surface area contributed by atoms with Crippen molar-refractivity contribution >= 4 is 15.9 Å². The molecule has 0 saturated carbocycles. The third-order valence-electron chi connectivity index (χ3n) is 5.67. The van der Waals surface area contributed by atoms with Crippen molar-refractivity contribution in [2.24, 2.45) is 5.92 Å². The summed E-state index contributed by atoms with van der Waals surface area (Å²) >= 11 is 0. The maximum absolute atomic E-state index is 12.8. The number of hydrogen-bond acceptors (Lipinski definition) is 5. The molecule has 2 aromatic carbocycles. The highest BCUT2D eigenvalue weighted by Crippen LogP contribution is 2.27. The molecule has 1 aliphatic heterocycles. The van der Waals surface area contributed by atoms with Crippen molar-refractivity contribution in [3.8, 4) is 11.5 Å². The van der Waals surface area contributed by atoms with E-state index in [2.05, 4.69) is 4.72 Å². The Bertz CT molecular complexity index is 993. The van der Waals surface area contributed by atoms with Crippen LogP contribution in [0.15, 0.2) is 47.4 Å². The Morgan fingerprint density at radius 1 is 1.06 bits per heavy atom. The number of sulfonamides is 1. The zero-order valence-electron chi connectivity index (χ0n) is 19.0. The number of nitrogens with one attached hydrogen (secondary N) is 1. The summed E-state index contributed by atoms with van der Waals surface area (Å²) < 4.78 is 39.5. The van der Waals surface area contributed by atoms with Crippen molar-refractivity contribution in [3.63, 3.8) is 0 Å². The first-order valence-corrected chi connectivity index (χ1v) is 12.5. The van der Waals surface area contributed by atoms with E-state index in [1.165, 1.54) is 0 Å². The largest absolute Gasteiger partial charge is 0.493 e. The average molecular weight is 461 g/mol. The van der Waals surface area contributed by atoms with E-state index in [-0.39, 0.29) is 23.3 Å². The minimum Gasteiger partial charge on any atom is -0.493 e. The molecule has 3 rings (SSSR count). The van der Waals surface area contributed by atoms with Gasteiger partial charge < -0.3 is 14.4 Å². The van der Waals surface area contributed by atoms with Crippen LogP contribution in [-0.2, 0) is 14.8 Å².